The number of piperazine rings is 1. The van der Waals surface area contributed by atoms with Crippen LogP contribution in [0.25, 0.3) is 5.76 Å². The number of benzene rings is 2. The molecule has 1 N–H and O–H groups in total. The van der Waals surface area contributed by atoms with Gasteiger partial charge in [0, 0.05) is 53.6 Å². The van der Waals surface area contributed by atoms with E-state index in [1.54, 1.807) is 19.2 Å². The Bertz CT molecular complexity index is 1400. The minimum Gasteiger partial charge on any atom is -0.507 e. The molecule has 0 saturated carbocycles. The molecular weight excluding hydrogens is 510 g/mol. The van der Waals surface area contributed by atoms with Crippen LogP contribution in [0, 0.1) is 0 Å². The highest BCUT2D eigenvalue weighted by molar-refractivity contribution is 7.10. The van der Waals surface area contributed by atoms with Gasteiger partial charge in [-0.05, 0) is 66.4 Å². The van der Waals surface area contributed by atoms with Gasteiger partial charge in [0.2, 0.25) is 0 Å². The van der Waals surface area contributed by atoms with Crippen LogP contribution >= 0.6 is 11.3 Å². The zero-order valence-corrected chi connectivity index (χ0v) is 23.9. The molecule has 39 heavy (non-hydrogen) atoms. The van der Waals surface area contributed by atoms with Crippen molar-refractivity contribution in [2.75, 3.05) is 50.1 Å². The summed E-state index contributed by atoms with van der Waals surface area (Å²) >= 11 is 1.45. The molecule has 1 amide bonds. The first-order valence-electron chi connectivity index (χ1n) is 13.2. The number of likely N-dealkylation sites (N-methyl/N-ethyl adjacent to an activating group) is 1. The van der Waals surface area contributed by atoms with Gasteiger partial charge in [0.05, 0.1) is 12.7 Å². The molecule has 2 aliphatic heterocycles. The summed E-state index contributed by atoms with van der Waals surface area (Å²) in [5.41, 5.74) is 2.92. The Morgan fingerprint density at radius 1 is 0.974 bits per heavy atom. The van der Waals surface area contributed by atoms with Crippen molar-refractivity contribution in [2.24, 2.45) is 0 Å². The van der Waals surface area contributed by atoms with Gasteiger partial charge in [-0.3, -0.25) is 14.5 Å². The molecule has 3 heterocycles. The van der Waals surface area contributed by atoms with Gasteiger partial charge >= 0.3 is 0 Å². The molecule has 0 bridgehead atoms. The van der Waals surface area contributed by atoms with E-state index < -0.39 is 17.7 Å². The van der Waals surface area contributed by atoms with Gasteiger partial charge in [-0.25, -0.2) is 0 Å². The van der Waals surface area contributed by atoms with Crippen molar-refractivity contribution < 1.29 is 19.4 Å². The second-order valence-electron chi connectivity index (χ2n) is 11.2. The SMILES string of the molecule is COc1ccc(/C(O)=C2/C(=O)C(=O)N(c3ccc(N4CCN(C)CC4)cc3)C2c2cccs2)cc1C(C)(C)C. The minimum atomic E-state index is -0.723. The number of Topliss-reactive ketones (excluding diaryl/α,β-unsaturated/α-hetero) is 1. The first-order valence-corrected chi connectivity index (χ1v) is 14.0. The lowest BCUT2D eigenvalue weighted by atomic mass is 9.84. The van der Waals surface area contributed by atoms with E-state index in [-0.39, 0.29) is 16.7 Å². The number of rotatable bonds is 5. The quantitative estimate of drug-likeness (QED) is 0.262. The van der Waals surface area contributed by atoms with E-state index >= 15 is 0 Å². The maximum atomic E-state index is 13.5. The minimum absolute atomic E-state index is 0.0932. The van der Waals surface area contributed by atoms with Crippen molar-refractivity contribution in [3.8, 4) is 5.75 Å². The van der Waals surface area contributed by atoms with E-state index in [1.807, 2.05) is 47.8 Å². The van der Waals surface area contributed by atoms with Crippen LogP contribution in [0.1, 0.15) is 42.8 Å². The number of carbonyl (C=O) groups excluding carboxylic acids is 2. The molecule has 204 valence electrons. The predicted octanol–water partition coefficient (Wildman–Crippen LogP) is 5.43. The van der Waals surface area contributed by atoms with E-state index in [0.29, 0.717) is 17.0 Å². The summed E-state index contributed by atoms with van der Waals surface area (Å²) in [6.07, 6.45) is 0. The number of carbonyl (C=O) groups is 2. The second kappa shape index (κ2) is 10.5. The highest BCUT2D eigenvalue weighted by atomic mass is 32.1. The summed E-state index contributed by atoms with van der Waals surface area (Å²) in [5, 5.41) is 13.5. The standard InChI is InChI=1S/C31H35N3O4S/c1-31(2,3)23-19-20(8-13-24(23)38-5)28(35)26-27(25-7-6-18-39-25)34(30(37)29(26)36)22-11-9-21(10-12-22)33-16-14-32(4)15-17-33/h6-13,18-19,27,35H,14-17H2,1-5H3/b28-26-. The van der Waals surface area contributed by atoms with Crippen molar-refractivity contribution in [1.29, 1.82) is 0 Å². The van der Waals surface area contributed by atoms with Crippen LogP contribution in [0.2, 0.25) is 0 Å². The lowest BCUT2D eigenvalue weighted by Crippen LogP contribution is -2.44. The third-order valence-electron chi connectivity index (χ3n) is 7.53. The zero-order chi connectivity index (χ0) is 27.9. The first kappa shape index (κ1) is 27.0. The number of nitrogens with zero attached hydrogens (tertiary/aromatic N) is 3. The maximum Gasteiger partial charge on any atom is 0.300 e. The Balaban J connectivity index is 1.57. The molecule has 1 aromatic heterocycles. The molecule has 3 aromatic rings. The molecule has 1 atom stereocenters. The van der Waals surface area contributed by atoms with Crippen molar-refractivity contribution in [3.05, 3.63) is 81.6 Å². The molecule has 2 aliphatic rings. The van der Waals surface area contributed by atoms with Gasteiger partial charge < -0.3 is 19.6 Å². The van der Waals surface area contributed by atoms with E-state index in [9.17, 15) is 14.7 Å². The second-order valence-corrected chi connectivity index (χ2v) is 12.1. The van der Waals surface area contributed by atoms with Crippen molar-refractivity contribution >= 4 is 40.2 Å². The monoisotopic (exact) mass is 545 g/mol. The summed E-state index contributed by atoms with van der Waals surface area (Å²) in [4.78, 5) is 34.0. The smallest absolute Gasteiger partial charge is 0.300 e. The van der Waals surface area contributed by atoms with E-state index in [0.717, 1.165) is 42.3 Å². The molecule has 1 unspecified atom stereocenters. The molecule has 8 heteroatoms. The Kier molecular flexibility index (Phi) is 7.27. The van der Waals surface area contributed by atoms with Gasteiger partial charge in [-0.15, -0.1) is 11.3 Å². The fourth-order valence-corrected chi connectivity index (χ4v) is 6.12. The molecule has 5 rings (SSSR count). The topological polar surface area (TPSA) is 73.3 Å². The number of methoxy groups -OCH3 is 1. The number of ether oxygens (including phenoxy) is 1. The Morgan fingerprint density at radius 3 is 2.23 bits per heavy atom. The summed E-state index contributed by atoms with van der Waals surface area (Å²) in [6, 6.07) is 16.2. The summed E-state index contributed by atoms with van der Waals surface area (Å²) in [7, 11) is 3.74. The van der Waals surface area contributed by atoms with E-state index in [4.69, 9.17) is 4.74 Å². The van der Waals surface area contributed by atoms with Crippen LogP contribution in [0.4, 0.5) is 11.4 Å². The van der Waals surface area contributed by atoms with Crippen LogP contribution in [-0.4, -0.2) is 62.0 Å². The van der Waals surface area contributed by atoms with E-state index in [1.165, 1.54) is 16.2 Å². The summed E-state index contributed by atoms with van der Waals surface area (Å²) in [6.45, 7) is 10.1. The fourth-order valence-electron chi connectivity index (χ4n) is 5.30. The fraction of sp³-hybridized carbons (Fsp3) is 0.355. The molecule has 2 saturated heterocycles. The number of hydrogen-bond donors (Lipinski definition) is 1. The Morgan fingerprint density at radius 2 is 1.64 bits per heavy atom. The van der Waals surface area contributed by atoms with Crippen LogP contribution < -0.4 is 14.5 Å². The highest BCUT2D eigenvalue weighted by Crippen LogP contribution is 2.44. The number of aliphatic hydroxyl groups is 1. The summed E-state index contributed by atoms with van der Waals surface area (Å²) in [5.74, 6) is -0.819. The van der Waals surface area contributed by atoms with Gasteiger partial charge in [0.15, 0.2) is 0 Å². The molecule has 0 radical (unpaired) electrons. The van der Waals surface area contributed by atoms with Gasteiger partial charge in [-0.1, -0.05) is 26.8 Å². The number of thiophene rings is 1. The van der Waals surface area contributed by atoms with Gasteiger partial charge in [0.25, 0.3) is 11.7 Å². The number of ketones is 1. The van der Waals surface area contributed by atoms with Gasteiger partial charge in [-0.2, -0.15) is 0 Å². The van der Waals surface area contributed by atoms with Crippen LogP contribution in [-0.2, 0) is 15.0 Å². The van der Waals surface area contributed by atoms with Crippen molar-refractivity contribution in [3.63, 3.8) is 0 Å². The normalized spacial score (nSPS) is 20.1. The summed E-state index contributed by atoms with van der Waals surface area (Å²) < 4.78 is 5.55. The Labute approximate surface area is 233 Å². The van der Waals surface area contributed by atoms with Crippen LogP contribution in [0.3, 0.4) is 0 Å². The largest absolute Gasteiger partial charge is 0.507 e. The number of aliphatic hydroxyl groups excluding tert-OH is 1. The van der Waals surface area contributed by atoms with Gasteiger partial charge in [0.1, 0.15) is 17.6 Å². The van der Waals surface area contributed by atoms with Crippen LogP contribution in [0.15, 0.2) is 65.6 Å². The lowest BCUT2D eigenvalue weighted by Gasteiger charge is -2.34. The predicted molar refractivity (Wildman–Crippen MR) is 157 cm³/mol. The van der Waals surface area contributed by atoms with E-state index in [2.05, 4.69) is 37.6 Å². The van der Waals surface area contributed by atoms with Crippen molar-refractivity contribution in [1.82, 2.24) is 4.90 Å². The maximum absolute atomic E-state index is 13.5. The third kappa shape index (κ3) is 5.06. The molecule has 0 spiro atoms. The molecular formula is C31H35N3O4S. The highest BCUT2D eigenvalue weighted by Gasteiger charge is 2.47. The number of amides is 1. The number of hydrogen-bond acceptors (Lipinski definition) is 7. The average Bonchev–Trinajstić information content (AvgIpc) is 3.55. The molecule has 0 aliphatic carbocycles. The molecule has 2 fully saturated rings. The van der Waals surface area contributed by atoms with Crippen LogP contribution in [0.5, 0.6) is 5.75 Å². The zero-order valence-electron chi connectivity index (χ0n) is 23.1. The first-order chi connectivity index (χ1) is 18.6. The third-order valence-corrected chi connectivity index (χ3v) is 8.46. The average molecular weight is 546 g/mol. The molecule has 2 aromatic carbocycles. The van der Waals surface area contributed by atoms with Crippen molar-refractivity contribution in [2.45, 2.75) is 32.2 Å². The Hall–Kier alpha value is -3.62. The lowest BCUT2D eigenvalue weighted by molar-refractivity contribution is -0.132. The number of anilines is 2. The molecule has 7 nitrogen and oxygen atoms in total.